The molecule has 5 heteroatoms. The van der Waals surface area contributed by atoms with Crippen LogP contribution >= 0.6 is 0 Å². The van der Waals surface area contributed by atoms with Gasteiger partial charge in [0, 0.05) is 17.7 Å². The van der Waals surface area contributed by atoms with Gasteiger partial charge in [-0.25, -0.2) is 0 Å². The molecule has 0 unspecified atom stereocenters. The topological polar surface area (TPSA) is 75.3 Å². The van der Waals surface area contributed by atoms with Crippen molar-refractivity contribution in [1.82, 2.24) is 5.32 Å². The Hall–Kier alpha value is -2.17. The highest BCUT2D eigenvalue weighted by Crippen LogP contribution is 2.13. The third-order valence-corrected chi connectivity index (χ3v) is 4.28. The Kier molecular flexibility index (Phi) is 11.8. The number of amides is 2. The van der Waals surface area contributed by atoms with Crippen molar-refractivity contribution in [3.8, 4) is 0 Å². The summed E-state index contributed by atoms with van der Waals surface area (Å²) in [4.78, 5) is 33.9. The van der Waals surface area contributed by atoms with Crippen molar-refractivity contribution in [3.63, 3.8) is 0 Å². The van der Waals surface area contributed by atoms with E-state index >= 15 is 0 Å². The maximum atomic E-state index is 12.0. The summed E-state index contributed by atoms with van der Waals surface area (Å²) in [5.41, 5.74) is 1.14. The third-order valence-electron chi connectivity index (χ3n) is 4.28. The minimum absolute atomic E-state index is 0.00391. The van der Waals surface area contributed by atoms with Gasteiger partial charge in [0.1, 0.15) is 6.29 Å². The van der Waals surface area contributed by atoms with Crippen LogP contribution in [0.3, 0.4) is 0 Å². The van der Waals surface area contributed by atoms with Crippen molar-refractivity contribution in [3.05, 3.63) is 29.8 Å². The summed E-state index contributed by atoms with van der Waals surface area (Å²) in [5, 5.41) is 5.32. The molecule has 0 saturated carbocycles. The number of anilines is 1. The SMILES string of the molecule is CCCCCCCCCCCC(=O)Nc1ccc(C(=O)NCC=O)cc1. The van der Waals surface area contributed by atoms with Crippen molar-refractivity contribution in [1.29, 1.82) is 0 Å². The second kappa shape index (κ2) is 14.0. The number of hydrogen-bond donors (Lipinski definition) is 2. The molecule has 26 heavy (non-hydrogen) atoms. The van der Waals surface area contributed by atoms with Crippen LogP contribution < -0.4 is 10.6 Å². The van der Waals surface area contributed by atoms with E-state index in [9.17, 15) is 14.4 Å². The van der Waals surface area contributed by atoms with Gasteiger partial charge in [-0.3, -0.25) is 9.59 Å². The number of carbonyl (C=O) groups is 3. The molecule has 0 bridgehead atoms. The molecule has 0 heterocycles. The monoisotopic (exact) mass is 360 g/mol. The van der Waals surface area contributed by atoms with E-state index in [-0.39, 0.29) is 18.4 Å². The first kappa shape index (κ1) is 21.9. The van der Waals surface area contributed by atoms with Gasteiger partial charge in [-0.2, -0.15) is 0 Å². The average Bonchev–Trinajstić information content (AvgIpc) is 2.65. The predicted molar refractivity (Wildman–Crippen MR) is 105 cm³/mol. The van der Waals surface area contributed by atoms with Gasteiger partial charge >= 0.3 is 0 Å². The molecule has 0 aliphatic heterocycles. The van der Waals surface area contributed by atoms with E-state index in [0.717, 1.165) is 12.8 Å². The fraction of sp³-hybridized carbons (Fsp3) is 0.571. The molecule has 144 valence electrons. The van der Waals surface area contributed by atoms with Crippen molar-refractivity contribution in [2.24, 2.45) is 0 Å². The van der Waals surface area contributed by atoms with Crippen LogP contribution in [-0.4, -0.2) is 24.6 Å². The number of aldehydes is 1. The molecule has 1 aromatic carbocycles. The van der Waals surface area contributed by atoms with Gasteiger partial charge in [0.25, 0.3) is 5.91 Å². The summed E-state index contributed by atoms with van der Waals surface area (Å²) in [7, 11) is 0. The second-order valence-electron chi connectivity index (χ2n) is 6.58. The molecule has 0 radical (unpaired) electrons. The second-order valence-corrected chi connectivity index (χ2v) is 6.58. The van der Waals surface area contributed by atoms with Crippen molar-refractivity contribution >= 4 is 23.8 Å². The lowest BCUT2D eigenvalue weighted by atomic mass is 10.1. The first-order valence-corrected chi connectivity index (χ1v) is 9.79. The van der Waals surface area contributed by atoms with E-state index in [2.05, 4.69) is 17.6 Å². The molecule has 1 rings (SSSR count). The fourth-order valence-corrected chi connectivity index (χ4v) is 2.76. The van der Waals surface area contributed by atoms with Crippen LogP contribution in [0, 0.1) is 0 Å². The predicted octanol–water partition coefficient (Wildman–Crippen LogP) is 4.47. The number of unbranched alkanes of at least 4 members (excludes halogenated alkanes) is 8. The van der Waals surface area contributed by atoms with Gasteiger partial charge in [-0.1, -0.05) is 58.3 Å². The molecular weight excluding hydrogens is 328 g/mol. The zero-order chi connectivity index (χ0) is 19.0. The smallest absolute Gasteiger partial charge is 0.251 e. The van der Waals surface area contributed by atoms with E-state index in [1.807, 2.05) is 0 Å². The van der Waals surface area contributed by atoms with Crippen molar-refractivity contribution in [2.45, 2.75) is 71.1 Å². The van der Waals surface area contributed by atoms with Crippen LogP contribution in [0.5, 0.6) is 0 Å². The average molecular weight is 360 g/mol. The van der Waals surface area contributed by atoms with Crippen LogP contribution in [0.4, 0.5) is 5.69 Å². The normalized spacial score (nSPS) is 10.3. The van der Waals surface area contributed by atoms with Gasteiger partial charge in [-0.05, 0) is 30.7 Å². The molecule has 2 amide bonds. The Labute approximate surface area is 156 Å². The highest BCUT2D eigenvalue weighted by Gasteiger charge is 2.06. The third kappa shape index (κ3) is 9.97. The maximum absolute atomic E-state index is 12.0. The molecule has 2 N–H and O–H groups in total. The van der Waals surface area contributed by atoms with Gasteiger partial charge in [0.05, 0.1) is 6.54 Å². The van der Waals surface area contributed by atoms with Gasteiger partial charge in [0.2, 0.25) is 5.91 Å². The summed E-state index contributed by atoms with van der Waals surface area (Å²) in [6.45, 7) is 2.22. The molecule has 0 fully saturated rings. The first-order valence-electron chi connectivity index (χ1n) is 9.79. The minimum Gasteiger partial charge on any atom is -0.345 e. The number of nitrogens with one attached hydrogen (secondary N) is 2. The highest BCUT2D eigenvalue weighted by molar-refractivity contribution is 5.96. The summed E-state index contributed by atoms with van der Waals surface area (Å²) in [5.74, 6) is -0.296. The highest BCUT2D eigenvalue weighted by atomic mass is 16.2. The molecule has 0 atom stereocenters. The molecule has 0 aliphatic rings. The molecule has 1 aromatic rings. The largest absolute Gasteiger partial charge is 0.345 e. The van der Waals surface area contributed by atoms with E-state index < -0.39 is 0 Å². The lowest BCUT2D eigenvalue weighted by Crippen LogP contribution is -2.25. The van der Waals surface area contributed by atoms with Gasteiger partial charge in [-0.15, -0.1) is 0 Å². The Morgan fingerprint density at radius 3 is 2.04 bits per heavy atom. The fourth-order valence-electron chi connectivity index (χ4n) is 2.76. The summed E-state index contributed by atoms with van der Waals surface area (Å²) >= 11 is 0. The van der Waals surface area contributed by atoms with Crippen LogP contribution in [0.1, 0.15) is 81.5 Å². The van der Waals surface area contributed by atoms with E-state index in [1.165, 1.54) is 44.9 Å². The van der Waals surface area contributed by atoms with Crippen LogP contribution in [0.2, 0.25) is 0 Å². The summed E-state index contributed by atoms with van der Waals surface area (Å²) in [6.07, 6.45) is 12.2. The maximum Gasteiger partial charge on any atom is 0.251 e. The molecule has 0 spiro atoms. The van der Waals surface area contributed by atoms with Gasteiger partial charge in [0.15, 0.2) is 0 Å². The molecule has 5 nitrogen and oxygen atoms in total. The zero-order valence-electron chi connectivity index (χ0n) is 15.9. The Bertz CT molecular complexity index is 541. The number of carbonyl (C=O) groups excluding carboxylic acids is 3. The number of benzene rings is 1. The Morgan fingerprint density at radius 2 is 1.46 bits per heavy atom. The van der Waals surface area contributed by atoms with Crippen LogP contribution in [0.25, 0.3) is 0 Å². The Balaban J connectivity index is 2.15. The number of hydrogen-bond acceptors (Lipinski definition) is 3. The van der Waals surface area contributed by atoms with E-state index in [1.54, 1.807) is 24.3 Å². The lowest BCUT2D eigenvalue weighted by molar-refractivity contribution is -0.116. The molecule has 0 aliphatic carbocycles. The van der Waals surface area contributed by atoms with Crippen LogP contribution in [0.15, 0.2) is 24.3 Å². The summed E-state index contributed by atoms with van der Waals surface area (Å²) in [6, 6.07) is 6.66. The van der Waals surface area contributed by atoms with E-state index in [0.29, 0.717) is 24.0 Å². The van der Waals surface area contributed by atoms with Crippen LogP contribution in [-0.2, 0) is 9.59 Å². The van der Waals surface area contributed by atoms with E-state index in [4.69, 9.17) is 0 Å². The molecule has 0 saturated heterocycles. The number of rotatable bonds is 14. The Morgan fingerprint density at radius 1 is 0.885 bits per heavy atom. The van der Waals surface area contributed by atoms with Crippen molar-refractivity contribution in [2.75, 3.05) is 11.9 Å². The zero-order valence-corrected chi connectivity index (χ0v) is 15.9. The lowest BCUT2D eigenvalue weighted by Gasteiger charge is -2.07. The molecular formula is C21H32N2O3. The first-order chi connectivity index (χ1) is 12.7. The summed E-state index contributed by atoms with van der Waals surface area (Å²) < 4.78 is 0. The van der Waals surface area contributed by atoms with Gasteiger partial charge < -0.3 is 15.4 Å². The quantitative estimate of drug-likeness (QED) is 0.379. The standard InChI is InChI=1S/C21H32N2O3/c1-2-3-4-5-6-7-8-9-10-11-20(25)23-19-14-12-18(13-15-19)21(26)22-16-17-24/h12-15,17H,2-11,16H2,1H3,(H,22,26)(H,23,25). The molecule has 0 aromatic heterocycles. The van der Waals surface area contributed by atoms with Crippen molar-refractivity contribution < 1.29 is 14.4 Å². The minimum atomic E-state index is -0.301.